The highest BCUT2D eigenvalue weighted by Crippen LogP contribution is 2.61. The molecule has 0 N–H and O–H groups in total. The second-order valence-corrected chi connectivity index (χ2v) is 31.1. The van der Waals surface area contributed by atoms with Gasteiger partial charge in [-0.3, -0.25) is 0 Å². The zero-order valence-electron chi connectivity index (χ0n) is 49.5. The maximum Gasteiger partial charge on any atom is 0.264 e. The molecule has 10 aromatic rings. The molecule has 0 saturated heterocycles. The van der Waals surface area contributed by atoms with Gasteiger partial charge >= 0.3 is 0 Å². The van der Waals surface area contributed by atoms with Crippen molar-refractivity contribution >= 4 is 127 Å². The summed E-state index contributed by atoms with van der Waals surface area (Å²) < 4.78 is 5.53. The van der Waals surface area contributed by atoms with Gasteiger partial charge in [0, 0.05) is 69.2 Å². The maximum absolute atomic E-state index is 2.81. The first-order valence-electron chi connectivity index (χ1n) is 30.2. The monoisotopic (exact) mass is 1090 g/mol. The van der Waals surface area contributed by atoms with Crippen LogP contribution in [0.4, 0.5) is 51.2 Å². The van der Waals surface area contributed by atoms with E-state index in [0.29, 0.717) is 0 Å². The van der Waals surface area contributed by atoms with E-state index in [1.807, 2.05) is 11.3 Å². The maximum atomic E-state index is 2.81. The summed E-state index contributed by atoms with van der Waals surface area (Å²) in [5, 5.41) is 4.06. The van der Waals surface area contributed by atoms with Crippen molar-refractivity contribution in [2.75, 3.05) is 14.7 Å². The fraction of sp³-hybridized carbons (Fsp3) is 0.333. The Labute approximate surface area is 488 Å². The zero-order valence-corrected chi connectivity index (χ0v) is 51.2. The third-order valence-electron chi connectivity index (χ3n) is 21.8. The van der Waals surface area contributed by atoms with Crippen LogP contribution in [-0.4, -0.2) is 6.71 Å². The molecule has 0 fully saturated rings. The van der Waals surface area contributed by atoms with Gasteiger partial charge in [0.25, 0.3) is 6.71 Å². The van der Waals surface area contributed by atoms with Crippen molar-refractivity contribution in [3.05, 3.63) is 190 Å². The first kappa shape index (κ1) is 50.2. The molecule has 16 rings (SSSR count). The number of anilines is 9. The van der Waals surface area contributed by atoms with Gasteiger partial charge in [0.15, 0.2) is 0 Å². The molecule has 5 heterocycles. The van der Waals surface area contributed by atoms with Gasteiger partial charge in [-0.2, -0.15) is 0 Å². The number of hydrogen-bond donors (Lipinski definition) is 0. The molecule has 6 heteroatoms. The van der Waals surface area contributed by atoms with Crippen LogP contribution in [0.15, 0.2) is 146 Å². The summed E-state index contributed by atoms with van der Waals surface area (Å²) in [5.41, 5.74) is 26.0. The number of rotatable bonds is 4. The highest BCUT2D eigenvalue weighted by atomic mass is 32.1. The van der Waals surface area contributed by atoms with E-state index in [-0.39, 0.29) is 39.2 Å². The fourth-order valence-corrected chi connectivity index (χ4v) is 19.4. The molecular formula is C75H74BN3S2. The Hall–Kier alpha value is -6.60. The lowest BCUT2D eigenvalue weighted by Gasteiger charge is -2.51. The number of thiophene rings is 2. The van der Waals surface area contributed by atoms with Crippen LogP contribution in [0.2, 0.25) is 0 Å². The summed E-state index contributed by atoms with van der Waals surface area (Å²) in [6.07, 6.45) is 8.22. The highest BCUT2D eigenvalue weighted by Gasteiger charge is 2.52. The van der Waals surface area contributed by atoms with E-state index in [4.69, 9.17) is 0 Å². The van der Waals surface area contributed by atoms with Crippen LogP contribution in [0.1, 0.15) is 159 Å². The molecule has 8 aromatic carbocycles. The van der Waals surface area contributed by atoms with Gasteiger partial charge in [0.1, 0.15) is 0 Å². The van der Waals surface area contributed by atoms with Crippen LogP contribution in [-0.2, 0) is 32.5 Å². The molecular weight excluding hydrogens is 1020 g/mol. The minimum atomic E-state index is -0.0164. The lowest BCUT2D eigenvalue weighted by atomic mass is 9.35. The Morgan fingerprint density at radius 1 is 0.432 bits per heavy atom. The van der Waals surface area contributed by atoms with Crippen LogP contribution in [0.5, 0.6) is 0 Å². The predicted octanol–water partition coefficient (Wildman–Crippen LogP) is 19.8. The average molecular weight is 1090 g/mol. The Balaban J connectivity index is 1.11. The van der Waals surface area contributed by atoms with Gasteiger partial charge in [-0.05, 0) is 220 Å². The van der Waals surface area contributed by atoms with E-state index in [0.717, 1.165) is 24.9 Å². The van der Waals surface area contributed by atoms with Crippen LogP contribution < -0.4 is 30.4 Å². The van der Waals surface area contributed by atoms with Crippen LogP contribution in [0.25, 0.3) is 30.3 Å². The minimum Gasteiger partial charge on any atom is -0.311 e. The molecule has 0 spiro atoms. The summed E-state index contributed by atoms with van der Waals surface area (Å²) in [7, 11) is 0. The molecule has 3 nitrogen and oxygen atoms in total. The molecule has 6 aliphatic rings. The van der Waals surface area contributed by atoms with E-state index in [1.165, 1.54) is 145 Å². The highest BCUT2D eigenvalue weighted by molar-refractivity contribution is 7.33. The summed E-state index contributed by atoms with van der Waals surface area (Å²) in [4.78, 5) is 8.17. The Kier molecular flexibility index (Phi) is 10.3. The van der Waals surface area contributed by atoms with E-state index < -0.39 is 0 Å². The third kappa shape index (κ3) is 6.93. The van der Waals surface area contributed by atoms with Crippen molar-refractivity contribution in [1.29, 1.82) is 0 Å². The lowest BCUT2D eigenvalue weighted by Crippen LogP contribution is -2.61. The van der Waals surface area contributed by atoms with Crippen molar-refractivity contribution in [3.8, 4) is 0 Å². The average Bonchev–Trinajstić information content (AvgIpc) is 2.24. The first-order valence-corrected chi connectivity index (χ1v) is 31.8. The smallest absolute Gasteiger partial charge is 0.264 e. The molecule has 3 aliphatic carbocycles. The summed E-state index contributed by atoms with van der Waals surface area (Å²) >= 11 is 4.02. The standard InChI is InChI=1S/C75H74BN3S2/c1-44-20-13-16-23-57(44)77(58-24-17-14-21-45(58)2)47-37-61-67-62(38-47)79(59-25-19-27-64-66(59)48-22-15-18-26-63(48)80-64)60-41-52-51(71(5,6)30-31-72(52,7)8)40-56(60)76(67)69-68-49-39-55-53(42-65(49)81-69)73(9,10)33-35-75(55,12)43-74(11)34-32-70(3,4)50-29-28-46(78(61)68)36-54(50)74/h13-29,36-42H,30-35,43H2,1-12H3. The molecule has 2 aromatic heterocycles. The van der Waals surface area contributed by atoms with Gasteiger partial charge in [-0.1, -0.05) is 142 Å². The molecule has 4 bridgehead atoms. The van der Waals surface area contributed by atoms with Crippen molar-refractivity contribution in [2.24, 2.45) is 0 Å². The SMILES string of the molecule is Cc1ccccc1N(c1cc2c3c(c1)N(c1cccc4sc5ccccc5c14)c1cc4c(cc1B3c1sc3cc5c6cc3c1N2c1ccc2c(c1)C(C)(CCC2(C)C)CC6(C)CCC5(C)C)C(C)(C)CCC4(C)C)c1ccccc1C. The molecule has 2 atom stereocenters. The van der Waals surface area contributed by atoms with E-state index >= 15 is 0 Å². The van der Waals surface area contributed by atoms with E-state index in [2.05, 4.69) is 255 Å². The quantitative estimate of drug-likeness (QED) is 0.163. The topological polar surface area (TPSA) is 9.72 Å². The Bertz CT molecular complexity index is 4350. The van der Waals surface area contributed by atoms with Gasteiger partial charge in [-0.25, -0.2) is 0 Å². The lowest BCUT2D eigenvalue weighted by molar-refractivity contribution is 0.208. The van der Waals surface area contributed by atoms with Crippen molar-refractivity contribution in [3.63, 3.8) is 0 Å². The molecule has 81 heavy (non-hydrogen) atoms. The fourth-order valence-electron chi connectivity index (χ4n) is 17.0. The van der Waals surface area contributed by atoms with Crippen LogP contribution in [0.3, 0.4) is 0 Å². The van der Waals surface area contributed by atoms with E-state index in [9.17, 15) is 0 Å². The van der Waals surface area contributed by atoms with Gasteiger partial charge in [0.05, 0.1) is 17.1 Å². The molecule has 0 radical (unpaired) electrons. The number of hydrogen-bond acceptors (Lipinski definition) is 5. The summed E-state index contributed by atoms with van der Waals surface area (Å²) in [6, 6.07) is 58.3. The third-order valence-corrected chi connectivity index (χ3v) is 24.1. The second-order valence-electron chi connectivity index (χ2n) is 28.9. The van der Waals surface area contributed by atoms with Crippen molar-refractivity contribution in [2.45, 2.75) is 161 Å². The van der Waals surface area contributed by atoms with Crippen LogP contribution >= 0.6 is 22.7 Å². The molecule has 0 amide bonds. The molecule has 0 saturated carbocycles. The summed E-state index contributed by atoms with van der Waals surface area (Å²) in [6.45, 7) is 30.0. The minimum absolute atomic E-state index is 0.00115. The largest absolute Gasteiger partial charge is 0.311 e. The number of nitrogens with zero attached hydrogens (tertiary/aromatic N) is 3. The van der Waals surface area contributed by atoms with Crippen LogP contribution in [0, 0.1) is 13.8 Å². The Morgan fingerprint density at radius 3 is 1.68 bits per heavy atom. The van der Waals surface area contributed by atoms with Crippen molar-refractivity contribution < 1.29 is 0 Å². The second kappa shape index (κ2) is 16.6. The van der Waals surface area contributed by atoms with Gasteiger partial charge in [-0.15, -0.1) is 22.7 Å². The molecule has 2 unspecified atom stereocenters. The number of para-hydroxylation sites is 2. The molecule has 3 aliphatic heterocycles. The number of fused-ring (bicyclic) bond motifs is 10. The normalized spacial score (nSPS) is 21.9. The van der Waals surface area contributed by atoms with E-state index in [1.54, 1.807) is 16.7 Å². The zero-order chi connectivity index (χ0) is 55.7. The Morgan fingerprint density at radius 2 is 1.00 bits per heavy atom. The number of aryl methyl sites for hydroxylation is 2. The van der Waals surface area contributed by atoms with Gasteiger partial charge < -0.3 is 14.7 Å². The predicted molar refractivity (Wildman–Crippen MR) is 352 cm³/mol. The summed E-state index contributed by atoms with van der Waals surface area (Å²) in [5.74, 6) is 0. The van der Waals surface area contributed by atoms with Gasteiger partial charge in [0.2, 0.25) is 0 Å². The first-order chi connectivity index (χ1) is 38.6. The van der Waals surface area contributed by atoms with Crippen molar-refractivity contribution in [1.82, 2.24) is 0 Å². The molecule has 404 valence electrons. The number of benzene rings is 8.